The van der Waals surface area contributed by atoms with Crippen LogP contribution in [0, 0.1) is 5.92 Å². The molecule has 0 aromatic heterocycles. The van der Waals surface area contributed by atoms with Crippen molar-refractivity contribution in [3.05, 3.63) is 24.3 Å². The van der Waals surface area contributed by atoms with Crippen LogP contribution in [0.4, 0.5) is 0 Å². The van der Waals surface area contributed by atoms with Crippen LogP contribution < -0.4 is 0 Å². The van der Waals surface area contributed by atoms with Gasteiger partial charge in [-0.25, -0.2) is 0 Å². The van der Waals surface area contributed by atoms with Crippen molar-refractivity contribution in [3.63, 3.8) is 0 Å². The number of allylic oxidation sites excluding steroid dienone is 1. The van der Waals surface area contributed by atoms with E-state index in [9.17, 15) is 0 Å². The van der Waals surface area contributed by atoms with Crippen LogP contribution in [0.25, 0.3) is 0 Å². The average molecular weight is 193 g/mol. The standard InChI is InChI=1S/C13H23N/c1-8-10(4)14-13(7)12(6)11(5)9(2)3/h12-13H,2,5,8H2,1,3-4,6-7H3/b14-10+. The lowest BCUT2D eigenvalue weighted by Gasteiger charge is -2.19. The molecule has 0 N–H and O–H groups in total. The van der Waals surface area contributed by atoms with Gasteiger partial charge in [-0.3, -0.25) is 4.99 Å². The quantitative estimate of drug-likeness (QED) is 0.462. The molecule has 80 valence electrons. The minimum absolute atomic E-state index is 0.305. The van der Waals surface area contributed by atoms with Gasteiger partial charge < -0.3 is 0 Å². The van der Waals surface area contributed by atoms with Crippen LogP contribution in [0.15, 0.2) is 29.3 Å². The van der Waals surface area contributed by atoms with E-state index in [0.717, 1.165) is 17.6 Å². The Labute approximate surface area is 88.6 Å². The minimum Gasteiger partial charge on any atom is -0.291 e. The number of hydrogen-bond acceptors (Lipinski definition) is 1. The summed E-state index contributed by atoms with van der Waals surface area (Å²) in [5.41, 5.74) is 3.39. The van der Waals surface area contributed by atoms with Crippen molar-refractivity contribution >= 4 is 5.71 Å². The molecule has 2 atom stereocenters. The highest BCUT2D eigenvalue weighted by molar-refractivity contribution is 5.81. The first-order valence-corrected chi connectivity index (χ1v) is 5.28. The lowest BCUT2D eigenvalue weighted by Crippen LogP contribution is -2.15. The topological polar surface area (TPSA) is 12.4 Å². The molecule has 0 aliphatic rings. The molecular weight excluding hydrogens is 170 g/mol. The summed E-state index contributed by atoms with van der Waals surface area (Å²) in [7, 11) is 0. The first-order chi connectivity index (χ1) is 6.40. The third-order valence-corrected chi connectivity index (χ3v) is 2.76. The van der Waals surface area contributed by atoms with Crippen molar-refractivity contribution in [2.75, 3.05) is 0 Å². The molecule has 0 spiro atoms. The summed E-state index contributed by atoms with van der Waals surface area (Å²) in [5.74, 6) is 0.383. The number of nitrogens with zero attached hydrogens (tertiary/aromatic N) is 1. The van der Waals surface area contributed by atoms with Gasteiger partial charge in [-0.2, -0.15) is 0 Å². The Morgan fingerprint density at radius 3 is 2.07 bits per heavy atom. The van der Waals surface area contributed by atoms with E-state index in [0.29, 0.717) is 12.0 Å². The summed E-state index contributed by atoms with van der Waals surface area (Å²) in [6, 6.07) is 0.305. The molecule has 0 aliphatic heterocycles. The zero-order valence-corrected chi connectivity index (χ0v) is 10.2. The Balaban J connectivity index is 4.47. The SMILES string of the molecule is C=C(C)C(=C)C(C)C(C)/N=C(\C)CC. The van der Waals surface area contributed by atoms with Gasteiger partial charge in [0, 0.05) is 11.6 Å². The summed E-state index contributed by atoms with van der Waals surface area (Å²) in [6.07, 6.45) is 1.02. The van der Waals surface area contributed by atoms with Gasteiger partial charge in [0.2, 0.25) is 0 Å². The van der Waals surface area contributed by atoms with E-state index in [4.69, 9.17) is 0 Å². The Kier molecular flexibility index (Phi) is 5.44. The monoisotopic (exact) mass is 193 g/mol. The van der Waals surface area contributed by atoms with Crippen LogP contribution in [0.2, 0.25) is 0 Å². The Morgan fingerprint density at radius 1 is 1.21 bits per heavy atom. The maximum Gasteiger partial charge on any atom is 0.0536 e. The normalized spacial score (nSPS) is 16.2. The number of hydrogen-bond donors (Lipinski definition) is 0. The van der Waals surface area contributed by atoms with Crippen molar-refractivity contribution < 1.29 is 0 Å². The van der Waals surface area contributed by atoms with Gasteiger partial charge in [-0.15, -0.1) is 0 Å². The van der Waals surface area contributed by atoms with Crippen LogP contribution in [0.1, 0.15) is 41.0 Å². The van der Waals surface area contributed by atoms with Crippen molar-refractivity contribution in [2.45, 2.75) is 47.1 Å². The van der Waals surface area contributed by atoms with Crippen molar-refractivity contribution in [1.29, 1.82) is 0 Å². The van der Waals surface area contributed by atoms with Gasteiger partial charge in [0.05, 0.1) is 6.04 Å². The second-order valence-electron chi connectivity index (χ2n) is 4.05. The number of aliphatic imine (C=N–C) groups is 1. The predicted octanol–water partition coefficient (Wildman–Crippen LogP) is 4.01. The summed E-state index contributed by atoms with van der Waals surface area (Å²) in [6.45, 7) is 18.5. The van der Waals surface area contributed by atoms with Gasteiger partial charge in [-0.05, 0) is 32.8 Å². The molecule has 0 aliphatic carbocycles. The van der Waals surface area contributed by atoms with Crippen molar-refractivity contribution in [3.8, 4) is 0 Å². The maximum absolute atomic E-state index is 4.61. The lowest BCUT2D eigenvalue weighted by molar-refractivity contribution is 0.561. The Hall–Kier alpha value is -0.850. The van der Waals surface area contributed by atoms with E-state index in [1.54, 1.807) is 0 Å². The third-order valence-electron chi connectivity index (χ3n) is 2.76. The van der Waals surface area contributed by atoms with Gasteiger partial charge in [0.1, 0.15) is 0 Å². The molecule has 0 aromatic rings. The van der Waals surface area contributed by atoms with E-state index in [1.807, 2.05) is 6.92 Å². The minimum atomic E-state index is 0.305. The fourth-order valence-corrected chi connectivity index (χ4v) is 1.23. The summed E-state index contributed by atoms with van der Waals surface area (Å²) in [5, 5.41) is 0. The second kappa shape index (κ2) is 5.79. The fraction of sp³-hybridized carbons (Fsp3) is 0.615. The molecule has 0 saturated carbocycles. The van der Waals surface area contributed by atoms with Crippen LogP contribution in [-0.4, -0.2) is 11.8 Å². The zero-order valence-electron chi connectivity index (χ0n) is 10.2. The molecule has 0 radical (unpaired) electrons. The van der Waals surface area contributed by atoms with Crippen LogP contribution in [0.3, 0.4) is 0 Å². The zero-order chi connectivity index (χ0) is 11.3. The van der Waals surface area contributed by atoms with Crippen molar-refractivity contribution in [1.82, 2.24) is 0 Å². The molecular formula is C13H23N. The average Bonchev–Trinajstić information content (AvgIpc) is 2.14. The molecule has 1 heteroatoms. The Morgan fingerprint density at radius 2 is 1.71 bits per heavy atom. The van der Waals surface area contributed by atoms with Crippen LogP contribution >= 0.6 is 0 Å². The molecule has 0 rings (SSSR count). The summed E-state index contributed by atoms with van der Waals surface area (Å²) >= 11 is 0. The molecule has 0 saturated heterocycles. The summed E-state index contributed by atoms with van der Waals surface area (Å²) in [4.78, 5) is 4.61. The first-order valence-electron chi connectivity index (χ1n) is 5.28. The molecule has 0 aromatic carbocycles. The van der Waals surface area contributed by atoms with E-state index in [2.05, 4.69) is 45.8 Å². The molecule has 0 fully saturated rings. The Bertz CT molecular complexity index is 248. The van der Waals surface area contributed by atoms with Crippen LogP contribution in [0.5, 0.6) is 0 Å². The van der Waals surface area contributed by atoms with E-state index >= 15 is 0 Å². The highest BCUT2D eigenvalue weighted by Gasteiger charge is 2.14. The van der Waals surface area contributed by atoms with Gasteiger partial charge in [0.25, 0.3) is 0 Å². The van der Waals surface area contributed by atoms with E-state index in [-0.39, 0.29) is 0 Å². The van der Waals surface area contributed by atoms with Gasteiger partial charge in [-0.1, -0.05) is 32.6 Å². The second-order valence-corrected chi connectivity index (χ2v) is 4.05. The summed E-state index contributed by atoms with van der Waals surface area (Å²) < 4.78 is 0. The predicted molar refractivity (Wildman–Crippen MR) is 66.0 cm³/mol. The number of rotatable bonds is 5. The largest absolute Gasteiger partial charge is 0.291 e. The molecule has 14 heavy (non-hydrogen) atoms. The highest BCUT2D eigenvalue weighted by Crippen LogP contribution is 2.21. The molecule has 0 amide bonds. The van der Waals surface area contributed by atoms with E-state index in [1.165, 1.54) is 5.71 Å². The van der Waals surface area contributed by atoms with Gasteiger partial charge in [0.15, 0.2) is 0 Å². The van der Waals surface area contributed by atoms with Gasteiger partial charge >= 0.3 is 0 Å². The molecule has 0 bridgehead atoms. The van der Waals surface area contributed by atoms with Crippen molar-refractivity contribution in [2.24, 2.45) is 10.9 Å². The molecule has 1 nitrogen and oxygen atoms in total. The maximum atomic E-state index is 4.61. The molecule has 2 unspecified atom stereocenters. The fourth-order valence-electron chi connectivity index (χ4n) is 1.23. The first kappa shape index (κ1) is 13.2. The molecule has 0 heterocycles. The lowest BCUT2D eigenvalue weighted by atomic mass is 9.91. The van der Waals surface area contributed by atoms with Crippen LogP contribution in [-0.2, 0) is 0 Å². The highest BCUT2D eigenvalue weighted by atomic mass is 14.8. The van der Waals surface area contributed by atoms with E-state index < -0.39 is 0 Å². The third kappa shape index (κ3) is 3.91. The smallest absolute Gasteiger partial charge is 0.0536 e.